The summed E-state index contributed by atoms with van der Waals surface area (Å²) >= 11 is 3.36. The van der Waals surface area contributed by atoms with E-state index in [0.717, 1.165) is 10.0 Å². The number of nitrogens with one attached hydrogen (secondary N) is 1. The number of amides is 1. The quantitative estimate of drug-likeness (QED) is 0.826. The molecule has 0 unspecified atom stereocenters. The summed E-state index contributed by atoms with van der Waals surface area (Å²) in [6.07, 6.45) is 0. The Bertz CT molecular complexity index is 720. The Morgan fingerprint density at radius 2 is 2.00 bits per heavy atom. The van der Waals surface area contributed by atoms with Crippen molar-refractivity contribution in [3.05, 3.63) is 57.6 Å². The van der Waals surface area contributed by atoms with Crippen LogP contribution in [-0.2, 0) is 0 Å². The van der Waals surface area contributed by atoms with Crippen LogP contribution in [0, 0.1) is 18.3 Å². The molecule has 100 valence electrons. The average molecular weight is 331 g/mol. The Labute approximate surface area is 124 Å². The summed E-state index contributed by atoms with van der Waals surface area (Å²) in [6, 6.07) is 11.8. The number of nitriles is 1. The lowest BCUT2D eigenvalue weighted by Crippen LogP contribution is -2.13. The van der Waals surface area contributed by atoms with Gasteiger partial charge in [0.05, 0.1) is 11.3 Å². The van der Waals surface area contributed by atoms with Crippen LogP contribution in [-0.4, -0.2) is 11.0 Å². The minimum absolute atomic E-state index is 0.119. The number of anilines is 1. The first-order valence-corrected chi connectivity index (χ1v) is 6.62. The van der Waals surface area contributed by atoms with Crippen molar-refractivity contribution in [2.45, 2.75) is 6.92 Å². The van der Waals surface area contributed by atoms with Crippen molar-refractivity contribution in [1.29, 1.82) is 5.26 Å². The Balaban J connectivity index is 2.34. The van der Waals surface area contributed by atoms with Gasteiger partial charge in [-0.25, -0.2) is 0 Å². The van der Waals surface area contributed by atoms with Crippen molar-refractivity contribution < 1.29 is 9.90 Å². The van der Waals surface area contributed by atoms with Crippen LogP contribution in [0.5, 0.6) is 5.75 Å². The molecule has 5 heteroatoms. The first-order chi connectivity index (χ1) is 9.54. The van der Waals surface area contributed by atoms with Crippen molar-refractivity contribution in [3.8, 4) is 11.8 Å². The highest BCUT2D eigenvalue weighted by atomic mass is 79.9. The molecule has 2 aromatic rings. The number of halogens is 1. The average Bonchev–Trinajstić information content (AvgIpc) is 2.44. The van der Waals surface area contributed by atoms with Gasteiger partial charge < -0.3 is 10.4 Å². The summed E-state index contributed by atoms with van der Waals surface area (Å²) in [5.74, 6) is -0.565. The Morgan fingerprint density at radius 3 is 2.70 bits per heavy atom. The zero-order valence-corrected chi connectivity index (χ0v) is 12.2. The summed E-state index contributed by atoms with van der Waals surface area (Å²) in [6.45, 7) is 1.82. The second-order valence-electron chi connectivity index (χ2n) is 4.18. The first kappa shape index (κ1) is 14.1. The van der Waals surface area contributed by atoms with E-state index >= 15 is 0 Å². The van der Waals surface area contributed by atoms with Crippen LogP contribution in [0.4, 0.5) is 5.69 Å². The molecule has 2 N–H and O–H groups in total. The molecule has 0 bridgehead atoms. The predicted molar refractivity (Wildman–Crippen MR) is 79.7 cm³/mol. The zero-order valence-electron chi connectivity index (χ0n) is 10.6. The van der Waals surface area contributed by atoms with Gasteiger partial charge in [0.25, 0.3) is 5.91 Å². The Kier molecular flexibility index (Phi) is 4.06. The first-order valence-electron chi connectivity index (χ1n) is 5.83. The van der Waals surface area contributed by atoms with Crippen LogP contribution in [0.1, 0.15) is 21.5 Å². The molecular weight excluding hydrogens is 320 g/mol. The lowest BCUT2D eigenvalue weighted by molar-refractivity contribution is 0.102. The van der Waals surface area contributed by atoms with Crippen LogP contribution in [0.15, 0.2) is 40.9 Å². The van der Waals surface area contributed by atoms with Crippen LogP contribution >= 0.6 is 15.9 Å². The molecule has 1 amide bonds. The van der Waals surface area contributed by atoms with Crippen LogP contribution in [0.25, 0.3) is 0 Å². The van der Waals surface area contributed by atoms with Crippen LogP contribution < -0.4 is 5.32 Å². The van der Waals surface area contributed by atoms with E-state index in [9.17, 15) is 9.90 Å². The van der Waals surface area contributed by atoms with E-state index < -0.39 is 0 Å². The summed E-state index contributed by atoms with van der Waals surface area (Å²) < 4.78 is 0.833. The fourth-order valence-corrected chi connectivity index (χ4v) is 2.14. The smallest absolute Gasteiger partial charge is 0.256 e. The number of carbonyl (C=O) groups is 1. The van der Waals surface area contributed by atoms with E-state index in [1.54, 1.807) is 24.3 Å². The molecule has 0 radical (unpaired) electrons. The number of nitrogens with zero attached hydrogens (tertiary/aromatic N) is 1. The largest absolute Gasteiger partial charge is 0.504 e. The summed E-state index contributed by atoms with van der Waals surface area (Å²) in [5, 5.41) is 21.3. The summed E-state index contributed by atoms with van der Waals surface area (Å²) in [5.41, 5.74) is 1.64. The molecule has 0 saturated heterocycles. The monoisotopic (exact) mass is 330 g/mol. The van der Waals surface area contributed by atoms with Crippen LogP contribution in [0.2, 0.25) is 0 Å². The number of para-hydroxylation sites is 1. The van der Waals surface area contributed by atoms with E-state index in [0.29, 0.717) is 5.56 Å². The normalized spacial score (nSPS) is 9.85. The van der Waals surface area contributed by atoms with Gasteiger partial charge in [-0.1, -0.05) is 28.1 Å². The molecule has 4 nitrogen and oxygen atoms in total. The number of benzene rings is 2. The molecule has 2 aromatic carbocycles. The highest BCUT2D eigenvalue weighted by Gasteiger charge is 2.14. The van der Waals surface area contributed by atoms with Gasteiger partial charge in [0.2, 0.25) is 0 Å². The number of hydrogen-bond acceptors (Lipinski definition) is 3. The highest BCUT2D eigenvalue weighted by Crippen LogP contribution is 2.28. The molecule has 0 aliphatic heterocycles. The lowest BCUT2D eigenvalue weighted by atomic mass is 10.1. The van der Waals surface area contributed by atoms with E-state index in [2.05, 4.69) is 21.2 Å². The molecular formula is C15H11BrN2O2. The van der Waals surface area contributed by atoms with Crippen LogP contribution in [0.3, 0.4) is 0 Å². The maximum atomic E-state index is 12.2. The predicted octanol–water partition coefficient (Wildman–Crippen LogP) is 3.59. The number of rotatable bonds is 2. The number of carbonyl (C=O) groups excluding carboxylic acids is 1. The molecule has 0 heterocycles. The second kappa shape index (κ2) is 5.76. The molecule has 2 rings (SSSR count). The van der Waals surface area contributed by atoms with E-state index in [4.69, 9.17) is 5.26 Å². The van der Waals surface area contributed by atoms with Gasteiger partial charge in [-0.05, 0) is 36.8 Å². The zero-order chi connectivity index (χ0) is 14.7. The van der Waals surface area contributed by atoms with Gasteiger partial charge in [0.1, 0.15) is 6.07 Å². The minimum atomic E-state index is -0.339. The summed E-state index contributed by atoms with van der Waals surface area (Å²) in [7, 11) is 0. The third-order valence-electron chi connectivity index (χ3n) is 2.92. The third-order valence-corrected chi connectivity index (χ3v) is 3.78. The molecule has 0 aliphatic rings. The molecule has 0 atom stereocenters. The number of aromatic hydroxyl groups is 1. The van der Waals surface area contributed by atoms with E-state index in [-0.39, 0.29) is 22.9 Å². The minimum Gasteiger partial charge on any atom is -0.504 e. The Hall–Kier alpha value is -2.32. The van der Waals surface area contributed by atoms with Gasteiger partial charge in [-0.2, -0.15) is 5.26 Å². The number of phenols is 1. The lowest BCUT2D eigenvalue weighted by Gasteiger charge is -2.10. The second-order valence-corrected chi connectivity index (χ2v) is 5.03. The standard InChI is InChI=1S/C15H11BrN2O2/c1-9-11(5-3-6-12(9)16)15(20)18-13-7-2-4-10(8-17)14(13)19/h2-7,19H,1H3,(H,18,20). The number of phenolic OH excluding ortho intramolecular Hbond substituents is 1. The topological polar surface area (TPSA) is 73.1 Å². The van der Waals surface area contributed by atoms with Crippen molar-refractivity contribution in [2.24, 2.45) is 0 Å². The molecule has 0 aliphatic carbocycles. The molecule has 0 aromatic heterocycles. The maximum absolute atomic E-state index is 12.2. The van der Waals surface area contributed by atoms with Gasteiger partial charge in [0.15, 0.2) is 5.75 Å². The van der Waals surface area contributed by atoms with Crippen molar-refractivity contribution in [2.75, 3.05) is 5.32 Å². The third kappa shape index (κ3) is 2.65. The van der Waals surface area contributed by atoms with Gasteiger partial charge in [-0.15, -0.1) is 0 Å². The fraction of sp³-hybridized carbons (Fsp3) is 0.0667. The van der Waals surface area contributed by atoms with Crippen molar-refractivity contribution >= 4 is 27.5 Å². The maximum Gasteiger partial charge on any atom is 0.256 e. The molecule has 0 fully saturated rings. The van der Waals surface area contributed by atoms with Crippen molar-refractivity contribution in [3.63, 3.8) is 0 Å². The van der Waals surface area contributed by atoms with E-state index in [1.165, 1.54) is 6.07 Å². The number of hydrogen-bond donors (Lipinski definition) is 2. The Morgan fingerprint density at radius 1 is 1.30 bits per heavy atom. The molecule has 0 saturated carbocycles. The van der Waals surface area contributed by atoms with Crippen molar-refractivity contribution in [1.82, 2.24) is 0 Å². The SMILES string of the molecule is Cc1c(Br)cccc1C(=O)Nc1cccc(C#N)c1O. The van der Waals surface area contributed by atoms with Gasteiger partial charge >= 0.3 is 0 Å². The fourth-order valence-electron chi connectivity index (χ4n) is 1.78. The molecule has 0 spiro atoms. The van der Waals surface area contributed by atoms with E-state index in [1.807, 2.05) is 19.1 Å². The highest BCUT2D eigenvalue weighted by molar-refractivity contribution is 9.10. The van der Waals surface area contributed by atoms with Gasteiger partial charge in [-0.3, -0.25) is 4.79 Å². The molecule has 20 heavy (non-hydrogen) atoms. The summed E-state index contributed by atoms with van der Waals surface area (Å²) in [4.78, 5) is 12.2. The van der Waals surface area contributed by atoms with Gasteiger partial charge in [0, 0.05) is 10.0 Å².